The van der Waals surface area contributed by atoms with Crippen molar-refractivity contribution in [2.75, 3.05) is 13.1 Å². The number of aromatic nitrogens is 2. The summed E-state index contributed by atoms with van der Waals surface area (Å²) in [7, 11) is 0. The van der Waals surface area contributed by atoms with Gasteiger partial charge in [0, 0.05) is 23.7 Å². The predicted molar refractivity (Wildman–Crippen MR) is 163 cm³/mol. The van der Waals surface area contributed by atoms with Crippen molar-refractivity contribution in [1.29, 1.82) is 0 Å². The minimum atomic E-state index is -4.58. The van der Waals surface area contributed by atoms with Crippen LogP contribution in [0.25, 0.3) is 56.2 Å². The average Bonchev–Trinajstić information content (AvgIpc) is 3.73. The van der Waals surface area contributed by atoms with Crippen molar-refractivity contribution in [1.82, 2.24) is 14.9 Å². The Morgan fingerprint density at radius 1 is 0.773 bits per heavy atom. The number of likely N-dealkylation sites (tertiary alicyclic amines) is 1. The molecule has 6 aromatic rings. The Kier molecular flexibility index (Phi) is 6.73. The van der Waals surface area contributed by atoms with Crippen molar-refractivity contribution >= 4 is 22.2 Å². The molecule has 1 N–H and O–H groups in total. The van der Waals surface area contributed by atoms with Crippen LogP contribution in [0, 0.1) is 20.8 Å². The lowest BCUT2D eigenvalue weighted by Gasteiger charge is -2.16. The normalized spacial score (nSPS) is 14.3. The summed E-state index contributed by atoms with van der Waals surface area (Å²) in [6.45, 7) is 7.91. The molecule has 224 valence electrons. The Labute approximate surface area is 251 Å². The number of alkyl halides is 3. The predicted octanol–water partition coefficient (Wildman–Crippen LogP) is 9.22. The molecule has 0 amide bonds. The van der Waals surface area contributed by atoms with Gasteiger partial charge in [-0.3, -0.25) is 4.90 Å². The Hall–Kier alpha value is -4.63. The van der Waals surface area contributed by atoms with E-state index >= 15 is 0 Å². The standard InChI is InChI=1S/C35H30F3N3O3/c1-19-14-28-31(17-30(19)42)43-33(39-28)25-10-6-8-23(20(25)2)24-9-7-11-26(21(24)3)34-40-29-16-22(18-41-12-4-5-13-41)15-27(32(29)44-34)35(36,37)38/h6-11,14-17,42H,4-5,12-13,18H2,1-3H3. The quantitative estimate of drug-likeness (QED) is 0.214. The fourth-order valence-corrected chi connectivity index (χ4v) is 6.21. The minimum Gasteiger partial charge on any atom is -0.508 e. The van der Waals surface area contributed by atoms with Gasteiger partial charge in [0.05, 0.1) is 0 Å². The second-order valence-corrected chi connectivity index (χ2v) is 11.6. The fourth-order valence-electron chi connectivity index (χ4n) is 6.21. The molecule has 0 radical (unpaired) electrons. The lowest BCUT2D eigenvalue weighted by Crippen LogP contribution is -2.19. The van der Waals surface area contributed by atoms with Gasteiger partial charge in [0.2, 0.25) is 11.8 Å². The van der Waals surface area contributed by atoms with Crippen molar-refractivity contribution in [2.45, 2.75) is 46.3 Å². The van der Waals surface area contributed by atoms with E-state index in [0.717, 1.165) is 53.7 Å². The first-order valence-corrected chi connectivity index (χ1v) is 14.6. The smallest absolute Gasteiger partial charge is 0.420 e. The van der Waals surface area contributed by atoms with E-state index in [0.29, 0.717) is 40.2 Å². The molecule has 1 fully saturated rings. The van der Waals surface area contributed by atoms with Crippen molar-refractivity contribution in [3.05, 3.63) is 88.5 Å². The highest BCUT2D eigenvalue weighted by atomic mass is 19.4. The molecule has 1 saturated heterocycles. The molecular formula is C35H30F3N3O3. The Morgan fingerprint density at radius 2 is 1.36 bits per heavy atom. The van der Waals surface area contributed by atoms with Gasteiger partial charge in [-0.1, -0.05) is 24.3 Å². The summed E-state index contributed by atoms with van der Waals surface area (Å²) in [4.78, 5) is 11.4. The van der Waals surface area contributed by atoms with Crippen LogP contribution < -0.4 is 0 Å². The van der Waals surface area contributed by atoms with Crippen LogP contribution in [-0.2, 0) is 12.7 Å². The van der Waals surface area contributed by atoms with Crippen LogP contribution in [0.1, 0.15) is 40.7 Å². The zero-order valence-corrected chi connectivity index (χ0v) is 24.5. The van der Waals surface area contributed by atoms with E-state index in [1.807, 2.05) is 50.2 Å². The first-order chi connectivity index (χ1) is 21.1. The van der Waals surface area contributed by atoms with Crippen molar-refractivity contribution in [3.8, 4) is 39.8 Å². The molecule has 4 aromatic carbocycles. The number of phenols is 1. The van der Waals surface area contributed by atoms with E-state index in [1.54, 1.807) is 25.1 Å². The van der Waals surface area contributed by atoms with Gasteiger partial charge in [0.1, 0.15) is 22.3 Å². The summed E-state index contributed by atoms with van der Waals surface area (Å²) in [5, 5.41) is 10.1. The highest BCUT2D eigenvalue weighted by Crippen LogP contribution is 2.41. The van der Waals surface area contributed by atoms with Crippen LogP contribution in [0.2, 0.25) is 0 Å². The molecule has 7 rings (SSSR count). The number of nitrogens with zero attached hydrogens (tertiary/aromatic N) is 3. The number of oxazole rings is 2. The molecule has 0 bridgehead atoms. The summed E-state index contributed by atoms with van der Waals surface area (Å²) >= 11 is 0. The number of phenolic OH excluding ortho intramolecular Hbond substituents is 1. The van der Waals surface area contributed by atoms with Crippen LogP contribution in [0.4, 0.5) is 13.2 Å². The highest BCUT2D eigenvalue weighted by molar-refractivity contribution is 5.86. The molecule has 3 heterocycles. The first-order valence-electron chi connectivity index (χ1n) is 14.6. The second kappa shape index (κ2) is 10.5. The van der Waals surface area contributed by atoms with Crippen LogP contribution in [0.15, 0.2) is 69.5 Å². The van der Waals surface area contributed by atoms with Crippen molar-refractivity contribution < 1.29 is 27.1 Å². The zero-order chi connectivity index (χ0) is 30.7. The number of hydrogen-bond acceptors (Lipinski definition) is 6. The van der Waals surface area contributed by atoms with Crippen molar-refractivity contribution in [2.24, 2.45) is 0 Å². The summed E-state index contributed by atoms with van der Waals surface area (Å²) < 4.78 is 54.5. The molecule has 0 aliphatic carbocycles. The summed E-state index contributed by atoms with van der Waals surface area (Å²) in [6, 6.07) is 17.7. The SMILES string of the molecule is Cc1cc2nc(-c3cccc(-c4cccc(-c5nc6cc(CN7CCCC7)cc(C(F)(F)F)c6o5)c4C)c3C)oc2cc1O. The number of benzene rings is 4. The van der Waals surface area contributed by atoms with E-state index in [2.05, 4.69) is 14.9 Å². The third kappa shape index (κ3) is 4.91. The van der Waals surface area contributed by atoms with Crippen LogP contribution >= 0.6 is 0 Å². The van der Waals surface area contributed by atoms with E-state index in [9.17, 15) is 18.3 Å². The van der Waals surface area contributed by atoms with Gasteiger partial charge in [-0.15, -0.1) is 0 Å². The molecule has 0 saturated carbocycles. The molecule has 44 heavy (non-hydrogen) atoms. The number of aromatic hydroxyl groups is 1. The van der Waals surface area contributed by atoms with Crippen LogP contribution in [0.5, 0.6) is 5.75 Å². The maximum Gasteiger partial charge on any atom is 0.420 e. The third-order valence-electron chi connectivity index (χ3n) is 8.58. The van der Waals surface area contributed by atoms with E-state index in [-0.39, 0.29) is 22.7 Å². The molecule has 0 atom stereocenters. The minimum absolute atomic E-state index is 0.141. The second-order valence-electron chi connectivity index (χ2n) is 11.6. The highest BCUT2D eigenvalue weighted by Gasteiger charge is 2.36. The van der Waals surface area contributed by atoms with E-state index in [4.69, 9.17) is 8.83 Å². The largest absolute Gasteiger partial charge is 0.508 e. The van der Waals surface area contributed by atoms with E-state index in [1.165, 1.54) is 6.07 Å². The molecule has 0 spiro atoms. The number of rotatable bonds is 5. The number of halogens is 3. The molecule has 2 aromatic heterocycles. The van der Waals surface area contributed by atoms with Gasteiger partial charge in [-0.05, 0) is 110 Å². The van der Waals surface area contributed by atoms with E-state index < -0.39 is 11.7 Å². The topological polar surface area (TPSA) is 75.5 Å². The third-order valence-corrected chi connectivity index (χ3v) is 8.58. The van der Waals surface area contributed by atoms with Gasteiger partial charge in [0.25, 0.3) is 0 Å². The fraction of sp³-hybridized carbons (Fsp3) is 0.257. The molecule has 1 aliphatic rings. The molecular weight excluding hydrogens is 567 g/mol. The van der Waals surface area contributed by atoms with Gasteiger partial charge in [0.15, 0.2) is 11.2 Å². The average molecular weight is 598 g/mol. The van der Waals surface area contributed by atoms with Crippen LogP contribution in [0.3, 0.4) is 0 Å². The van der Waals surface area contributed by atoms with Gasteiger partial charge in [-0.25, -0.2) is 9.97 Å². The zero-order valence-electron chi connectivity index (χ0n) is 24.5. The Balaban J connectivity index is 1.30. The number of aryl methyl sites for hydroxylation is 1. The molecule has 6 nitrogen and oxygen atoms in total. The summed E-state index contributed by atoms with van der Waals surface area (Å²) in [5.41, 5.74) is 6.53. The van der Waals surface area contributed by atoms with Crippen molar-refractivity contribution in [3.63, 3.8) is 0 Å². The first kappa shape index (κ1) is 28.2. The maximum absolute atomic E-state index is 14.2. The van der Waals surface area contributed by atoms with Crippen LogP contribution in [-0.4, -0.2) is 33.1 Å². The Bertz CT molecular complexity index is 2010. The molecule has 9 heteroatoms. The number of hydrogen-bond donors (Lipinski definition) is 1. The maximum atomic E-state index is 14.2. The lowest BCUT2D eigenvalue weighted by atomic mass is 9.91. The lowest BCUT2D eigenvalue weighted by molar-refractivity contribution is -0.136. The van der Waals surface area contributed by atoms with Gasteiger partial charge < -0.3 is 13.9 Å². The summed E-state index contributed by atoms with van der Waals surface area (Å²) in [6.07, 6.45) is -2.47. The summed E-state index contributed by atoms with van der Waals surface area (Å²) in [5.74, 6) is 0.718. The molecule has 0 unspecified atom stereocenters. The number of fused-ring (bicyclic) bond motifs is 2. The monoisotopic (exact) mass is 597 g/mol. The molecule has 1 aliphatic heterocycles. The van der Waals surface area contributed by atoms with Gasteiger partial charge >= 0.3 is 6.18 Å². The van der Waals surface area contributed by atoms with Gasteiger partial charge in [-0.2, -0.15) is 13.2 Å². The Morgan fingerprint density at radius 3 is 2.00 bits per heavy atom.